The number of aryl methyl sites for hydroxylation is 1. The molecule has 0 atom stereocenters. The minimum absolute atomic E-state index is 0.216. The number of nitrogen functional groups attached to an aromatic ring is 1. The molecule has 9 heteroatoms. The van der Waals surface area contributed by atoms with Crippen molar-refractivity contribution in [2.75, 3.05) is 5.73 Å². The van der Waals surface area contributed by atoms with Crippen molar-refractivity contribution in [3.8, 4) is 6.07 Å². The number of benzene rings is 2. The highest BCUT2D eigenvalue weighted by atomic mass is 32.1. The van der Waals surface area contributed by atoms with Gasteiger partial charge in [0.05, 0.1) is 29.1 Å². The van der Waals surface area contributed by atoms with Crippen LogP contribution in [-0.4, -0.2) is 25.5 Å². The first kappa shape index (κ1) is 20.6. The van der Waals surface area contributed by atoms with Crippen LogP contribution in [0.4, 0.5) is 5.69 Å². The van der Waals surface area contributed by atoms with Crippen molar-refractivity contribution in [3.63, 3.8) is 0 Å². The fourth-order valence-corrected chi connectivity index (χ4v) is 5.14. The van der Waals surface area contributed by atoms with Crippen molar-refractivity contribution in [3.05, 3.63) is 86.3 Å². The number of fused-ring (bicyclic) bond motifs is 3. The SMILES string of the molecule is Cn1c2nc(Cc3ccc(C#N)cc3)sc2c2cnn(Cc3cccc(N)c3C=N)c(=O)c21. The quantitative estimate of drug-likeness (QED) is 0.311. The van der Waals surface area contributed by atoms with E-state index >= 15 is 0 Å². The maximum absolute atomic E-state index is 13.3. The van der Waals surface area contributed by atoms with Gasteiger partial charge in [-0.25, -0.2) is 9.67 Å². The van der Waals surface area contributed by atoms with Gasteiger partial charge in [-0.3, -0.25) is 4.79 Å². The number of nitrogens with one attached hydrogen (secondary N) is 1. The maximum atomic E-state index is 13.3. The molecular formula is C24H19N7OS. The second-order valence-corrected chi connectivity index (χ2v) is 8.82. The minimum atomic E-state index is -0.216. The summed E-state index contributed by atoms with van der Waals surface area (Å²) in [5.74, 6) is 0. The summed E-state index contributed by atoms with van der Waals surface area (Å²) in [6.07, 6.45) is 3.56. The van der Waals surface area contributed by atoms with E-state index in [4.69, 9.17) is 21.4 Å². The molecule has 0 amide bonds. The van der Waals surface area contributed by atoms with Crippen LogP contribution in [0, 0.1) is 16.7 Å². The lowest BCUT2D eigenvalue weighted by atomic mass is 10.1. The van der Waals surface area contributed by atoms with Gasteiger partial charge in [0.1, 0.15) is 10.5 Å². The first-order valence-electron chi connectivity index (χ1n) is 10.2. The summed E-state index contributed by atoms with van der Waals surface area (Å²) in [4.78, 5) is 18.1. The monoisotopic (exact) mass is 453 g/mol. The van der Waals surface area contributed by atoms with E-state index in [0.717, 1.165) is 31.9 Å². The average molecular weight is 454 g/mol. The summed E-state index contributed by atoms with van der Waals surface area (Å²) in [6.45, 7) is 0.223. The van der Waals surface area contributed by atoms with Crippen LogP contribution < -0.4 is 11.3 Å². The minimum Gasteiger partial charge on any atom is -0.398 e. The van der Waals surface area contributed by atoms with Crippen LogP contribution in [0.1, 0.15) is 27.3 Å². The molecule has 3 heterocycles. The Morgan fingerprint density at radius 3 is 2.76 bits per heavy atom. The highest BCUT2D eigenvalue weighted by Gasteiger charge is 2.19. The molecule has 0 fully saturated rings. The molecule has 0 spiro atoms. The number of nitrogens with two attached hydrogens (primary N) is 1. The number of hydrogen-bond acceptors (Lipinski definition) is 7. The van der Waals surface area contributed by atoms with Crippen molar-refractivity contribution in [1.82, 2.24) is 19.3 Å². The van der Waals surface area contributed by atoms with Gasteiger partial charge in [-0.1, -0.05) is 24.3 Å². The molecule has 0 saturated carbocycles. The van der Waals surface area contributed by atoms with E-state index < -0.39 is 0 Å². The molecule has 0 radical (unpaired) electrons. The predicted molar refractivity (Wildman–Crippen MR) is 130 cm³/mol. The van der Waals surface area contributed by atoms with Crippen LogP contribution in [0.2, 0.25) is 0 Å². The second-order valence-electron chi connectivity index (χ2n) is 7.74. The van der Waals surface area contributed by atoms with Crippen molar-refractivity contribution in [1.29, 1.82) is 10.7 Å². The highest BCUT2D eigenvalue weighted by Crippen LogP contribution is 2.31. The zero-order valence-electron chi connectivity index (χ0n) is 17.7. The third kappa shape index (κ3) is 3.46. The van der Waals surface area contributed by atoms with Crippen LogP contribution in [0.25, 0.3) is 21.3 Å². The number of aromatic nitrogens is 4. The highest BCUT2D eigenvalue weighted by molar-refractivity contribution is 7.19. The lowest BCUT2D eigenvalue weighted by molar-refractivity contribution is 0.644. The third-order valence-corrected chi connectivity index (χ3v) is 6.78. The van der Waals surface area contributed by atoms with E-state index in [9.17, 15) is 4.79 Å². The number of nitriles is 1. The summed E-state index contributed by atoms with van der Waals surface area (Å²) in [5.41, 5.74) is 10.6. The fraction of sp³-hybridized carbons (Fsp3) is 0.125. The van der Waals surface area contributed by atoms with E-state index in [1.807, 2.05) is 29.8 Å². The lowest BCUT2D eigenvalue weighted by Crippen LogP contribution is -2.25. The second kappa shape index (κ2) is 8.00. The molecular weight excluding hydrogens is 434 g/mol. The number of nitrogens with zero attached hydrogens (tertiary/aromatic N) is 5. The Morgan fingerprint density at radius 2 is 2.03 bits per heavy atom. The molecule has 0 aliphatic carbocycles. The Balaban J connectivity index is 1.54. The van der Waals surface area contributed by atoms with Gasteiger partial charge < -0.3 is 15.7 Å². The van der Waals surface area contributed by atoms with Crippen LogP contribution >= 0.6 is 11.3 Å². The standard InChI is InChI=1S/C24H19N7OS/c1-30-21-18(12-28-31(24(21)32)13-16-3-2-4-19(27)17(16)11-26)22-23(30)29-20(33-22)9-14-5-7-15(10-25)8-6-14/h2-8,11-12,26H,9,13,27H2,1H3. The molecule has 0 unspecified atom stereocenters. The predicted octanol–water partition coefficient (Wildman–Crippen LogP) is 3.44. The molecule has 0 bridgehead atoms. The molecule has 3 N–H and O–H groups in total. The molecule has 8 nitrogen and oxygen atoms in total. The van der Waals surface area contributed by atoms with E-state index in [-0.39, 0.29) is 12.1 Å². The lowest BCUT2D eigenvalue weighted by Gasteiger charge is -2.10. The summed E-state index contributed by atoms with van der Waals surface area (Å²) >= 11 is 1.55. The molecule has 5 aromatic rings. The Kier molecular flexibility index (Phi) is 4.99. The van der Waals surface area contributed by atoms with Gasteiger partial charge in [0, 0.05) is 36.3 Å². The van der Waals surface area contributed by atoms with Gasteiger partial charge in [0.25, 0.3) is 5.56 Å². The van der Waals surface area contributed by atoms with E-state index in [1.165, 1.54) is 10.9 Å². The van der Waals surface area contributed by atoms with E-state index in [1.54, 1.807) is 41.8 Å². The van der Waals surface area contributed by atoms with Crippen LogP contribution in [0.15, 0.2) is 53.5 Å². The first-order valence-corrected chi connectivity index (χ1v) is 11.0. The van der Waals surface area contributed by atoms with Crippen LogP contribution in [0.3, 0.4) is 0 Å². The average Bonchev–Trinajstić information content (AvgIpc) is 3.34. The van der Waals surface area contributed by atoms with E-state index in [0.29, 0.717) is 28.8 Å². The van der Waals surface area contributed by atoms with Gasteiger partial charge in [0.2, 0.25) is 0 Å². The third-order valence-electron chi connectivity index (χ3n) is 5.70. The zero-order chi connectivity index (χ0) is 23.1. The molecule has 3 aromatic heterocycles. The maximum Gasteiger partial charge on any atom is 0.291 e. The molecule has 0 aliphatic rings. The smallest absolute Gasteiger partial charge is 0.291 e. The molecule has 0 saturated heterocycles. The zero-order valence-corrected chi connectivity index (χ0v) is 18.6. The topological polar surface area (TPSA) is 126 Å². The van der Waals surface area contributed by atoms with Crippen molar-refractivity contribution >= 4 is 44.5 Å². The summed E-state index contributed by atoms with van der Waals surface area (Å²) in [6, 6.07) is 15.0. The fourth-order valence-electron chi connectivity index (χ4n) is 4.00. The number of hydrogen-bond donors (Lipinski definition) is 2. The summed E-state index contributed by atoms with van der Waals surface area (Å²) in [7, 11) is 1.84. The van der Waals surface area contributed by atoms with Gasteiger partial charge in [-0.2, -0.15) is 10.4 Å². The summed E-state index contributed by atoms with van der Waals surface area (Å²) < 4.78 is 4.14. The molecule has 33 heavy (non-hydrogen) atoms. The van der Waals surface area contributed by atoms with Crippen LogP contribution in [0.5, 0.6) is 0 Å². The Bertz CT molecular complexity index is 1630. The molecule has 2 aromatic carbocycles. The number of rotatable bonds is 5. The number of thiazole rings is 1. The summed E-state index contributed by atoms with van der Waals surface area (Å²) in [5, 5.41) is 22.7. The Morgan fingerprint density at radius 1 is 1.24 bits per heavy atom. The van der Waals surface area contributed by atoms with Gasteiger partial charge >= 0.3 is 0 Å². The first-order chi connectivity index (χ1) is 16.0. The molecule has 5 rings (SSSR count). The van der Waals surface area contributed by atoms with E-state index in [2.05, 4.69) is 11.2 Å². The normalized spacial score (nSPS) is 11.2. The Labute approximate surface area is 192 Å². The number of anilines is 1. The van der Waals surface area contributed by atoms with Gasteiger partial charge in [-0.15, -0.1) is 11.3 Å². The Hall–Kier alpha value is -4.29. The van der Waals surface area contributed by atoms with Gasteiger partial charge in [-0.05, 0) is 29.3 Å². The van der Waals surface area contributed by atoms with Gasteiger partial charge in [0.15, 0.2) is 5.65 Å². The van der Waals surface area contributed by atoms with Crippen molar-refractivity contribution < 1.29 is 0 Å². The van der Waals surface area contributed by atoms with Crippen molar-refractivity contribution in [2.45, 2.75) is 13.0 Å². The van der Waals surface area contributed by atoms with Crippen molar-refractivity contribution in [2.24, 2.45) is 7.05 Å². The largest absolute Gasteiger partial charge is 0.398 e. The molecule has 0 aliphatic heterocycles. The molecule has 162 valence electrons. The van der Waals surface area contributed by atoms with Crippen LogP contribution in [-0.2, 0) is 20.0 Å².